The third-order valence-corrected chi connectivity index (χ3v) is 10.5. The van der Waals surface area contributed by atoms with Gasteiger partial charge in [-0.15, -0.1) is 0 Å². The van der Waals surface area contributed by atoms with E-state index >= 15 is 0 Å². The van der Waals surface area contributed by atoms with Crippen LogP contribution in [0, 0.1) is 11.8 Å². The molecule has 23 heteroatoms. The zero-order valence-electron chi connectivity index (χ0n) is 88.8. The molecule has 734 valence electrons. The highest BCUT2D eigenvalue weighted by atomic mass is 16.6. The van der Waals surface area contributed by atoms with E-state index < -0.39 is 23.4 Å². The summed E-state index contributed by atoms with van der Waals surface area (Å²) in [5, 5.41) is 86.1. The molecule has 1 fully saturated rings. The second-order valence-electron chi connectivity index (χ2n) is 45.2. The van der Waals surface area contributed by atoms with Crippen molar-refractivity contribution in [3.05, 3.63) is 0 Å². The van der Waals surface area contributed by atoms with E-state index in [0.29, 0.717) is 38.4 Å². The van der Waals surface area contributed by atoms with Gasteiger partial charge in [-0.3, -0.25) is 0 Å². The third kappa shape index (κ3) is 234. The number of hydrogen-bond acceptors (Lipinski definition) is 23. The Kier molecular flexibility index (Phi) is 88.9. The fraction of sp³-hybridized carbons (Fsp3) is 1.00. The summed E-state index contributed by atoms with van der Waals surface area (Å²) in [7, 11) is 1.71. The monoisotopic (exact) mass is 1730 g/mol. The van der Waals surface area contributed by atoms with Crippen LogP contribution in [0.25, 0.3) is 0 Å². The topological polar surface area (TPSA) is 322 Å². The van der Waals surface area contributed by atoms with Gasteiger partial charge in [-0.1, -0.05) is 13.8 Å². The maximum absolute atomic E-state index is 8.85. The van der Waals surface area contributed by atoms with Gasteiger partial charge in [0.25, 0.3) is 0 Å². The minimum atomic E-state index is -0.751. The number of methoxy groups -OCH3 is 1. The standard InChI is InChI=1S/C8H18O2.C8H16O.2C8H18O.2C7H16O3.3C7H16O2.C7H16O.C6H14O2.C6H14O.C5H12O.C4H10O/c1-7(2,3)10-8(4,5)6-9;1-8(2,3)9-6-7-4-5-7;1-7(2)6-9-8(3,4)5;1-7(2,3)9-8(4,5)6;2*1-7(2,3)10-5-6(9)4-8;2*1-6(8)5-9-7(2,3)4;1-7(2,3)9-6-4-5-8;1-6(2)8-7(3,4)5;1-6(2,3)8-5-4-7;1-5-7-6(2,3)4;1-5(2,3)6-4;1-4(2,3)5/h9H,6H2,1-5H3;7H,4-6H2,1-3H3;7H,6H2,1-5H3;1-6H3;2*6,8-9H,4-5H2,1-3H3;2*6,8H,5H2,1-4H3;8H,4-6H2,1-3H3;6H,1-5H3;7H,4-5H2,1-3H3;5H2,1-4H3;1-4H3;5H,1-3H3/t;;;;4*6-;;;;;;/m....1010....../s1. The zero-order chi connectivity index (χ0) is 98.3. The Labute approximate surface area is 734 Å². The minimum Gasteiger partial charge on any atom is -0.396 e. The fourth-order valence-electron chi connectivity index (χ4n) is 6.32. The molecule has 0 bridgehead atoms. The first-order chi connectivity index (χ1) is 51.4. The third-order valence-electron chi connectivity index (χ3n) is 10.5. The van der Waals surface area contributed by atoms with E-state index in [4.69, 9.17) is 113 Å². The average molecular weight is 1730 g/mol. The minimum absolute atomic E-state index is 0.0156. The summed E-state index contributed by atoms with van der Waals surface area (Å²) in [6.07, 6.45) is 1.63. The lowest BCUT2D eigenvalue weighted by molar-refractivity contribution is -0.132. The molecule has 0 radical (unpaired) electrons. The number of ether oxygens (including phenoxy) is 13. The molecule has 1 rings (SSSR count). The van der Waals surface area contributed by atoms with Crippen molar-refractivity contribution < 1.29 is 113 Å². The SMILES string of the molecule is CC(C)(C)O.CC(C)(C)OC(C)(C)C.CC(C)(C)OC(C)(C)CO.CC(C)(C)OCC1CC1.CC(C)(C)OCCCO.CC(C)(C)OCCO.CC(C)(C)OC[C@@H](O)CO.CC(C)(C)OC[C@H](O)CO.CC(C)COC(C)(C)C.CC(C)OC(C)(C)C.CCOC(C)(C)C.COC(C)(C)C.C[C@@H](O)COC(C)(C)C.C[C@H](O)COC(C)(C)C. The molecule has 0 unspecified atom stereocenters. The lowest BCUT2D eigenvalue weighted by atomic mass is 10.1. The van der Waals surface area contributed by atoms with Gasteiger partial charge in [-0.25, -0.2) is 0 Å². The predicted octanol–water partition coefficient (Wildman–Crippen LogP) is 19.7. The molecule has 1 aliphatic rings. The molecule has 0 aromatic carbocycles. The van der Waals surface area contributed by atoms with Crippen LogP contribution in [-0.2, 0) is 61.6 Å². The Morgan fingerprint density at radius 3 is 0.669 bits per heavy atom. The van der Waals surface area contributed by atoms with Crippen LogP contribution in [-0.4, -0.2) is 271 Å². The zero-order valence-corrected chi connectivity index (χ0v) is 88.8. The summed E-state index contributed by atoms with van der Waals surface area (Å²) >= 11 is 0. The largest absolute Gasteiger partial charge is 0.396 e. The van der Waals surface area contributed by atoms with Crippen LogP contribution < -0.4 is 0 Å². The molecule has 0 aromatic heterocycles. The van der Waals surface area contributed by atoms with Crippen LogP contribution in [0.1, 0.15) is 393 Å². The molecule has 1 saturated carbocycles. The molecule has 0 saturated heterocycles. The molecule has 0 spiro atoms. The molecule has 0 aromatic rings. The van der Waals surface area contributed by atoms with Gasteiger partial charge in [-0.2, -0.15) is 0 Å². The predicted molar refractivity (Wildman–Crippen MR) is 500 cm³/mol. The van der Waals surface area contributed by atoms with Gasteiger partial charge in [-0.05, 0) is 391 Å². The van der Waals surface area contributed by atoms with Crippen LogP contribution in [0.15, 0.2) is 0 Å². The second kappa shape index (κ2) is 72.0. The van der Waals surface area contributed by atoms with Gasteiger partial charge in [0.05, 0.1) is 174 Å². The molecule has 1 aliphatic carbocycles. The number of aliphatic hydroxyl groups is 10. The summed E-state index contributed by atoms with van der Waals surface area (Å²) in [6, 6.07) is 0. The Bertz CT molecular complexity index is 1920. The first-order valence-electron chi connectivity index (χ1n) is 43.2. The van der Waals surface area contributed by atoms with Gasteiger partial charge in [0.2, 0.25) is 0 Å². The summed E-state index contributed by atoms with van der Waals surface area (Å²) in [5.74, 6) is 1.54. The van der Waals surface area contributed by atoms with Gasteiger partial charge < -0.3 is 113 Å². The van der Waals surface area contributed by atoms with Crippen molar-refractivity contribution in [2.75, 3.05) is 99.6 Å². The highest BCUT2D eigenvalue weighted by Gasteiger charge is 2.26. The fourth-order valence-corrected chi connectivity index (χ4v) is 6.32. The Hall–Kier alpha value is -0.920. The molecule has 23 nitrogen and oxygen atoms in total. The van der Waals surface area contributed by atoms with E-state index in [-0.39, 0.29) is 137 Å². The maximum atomic E-state index is 8.85. The normalized spacial score (nSPS) is 14.2. The molecule has 10 N–H and O–H groups in total. The Balaban J connectivity index is -0.0000000917. The van der Waals surface area contributed by atoms with E-state index in [2.05, 4.69) is 138 Å². The molecule has 0 heterocycles. The van der Waals surface area contributed by atoms with E-state index in [1.165, 1.54) is 12.8 Å². The summed E-state index contributed by atoms with van der Waals surface area (Å²) in [5.41, 5.74) is -1.81. The van der Waals surface area contributed by atoms with Crippen molar-refractivity contribution in [2.45, 2.75) is 513 Å². The number of aliphatic hydroxyl groups excluding tert-OH is 9. The smallest absolute Gasteiger partial charge is 0.100 e. The van der Waals surface area contributed by atoms with Crippen molar-refractivity contribution in [1.29, 1.82) is 0 Å². The summed E-state index contributed by atoms with van der Waals surface area (Å²) < 4.78 is 69.1. The van der Waals surface area contributed by atoms with Gasteiger partial charge in [0, 0.05) is 33.5 Å². The Morgan fingerprint density at radius 2 is 0.559 bits per heavy atom. The summed E-state index contributed by atoms with van der Waals surface area (Å²) in [4.78, 5) is 0. The molecule has 0 aliphatic heterocycles. The average Bonchev–Trinajstić information content (AvgIpc) is 1.32. The number of hydrogen-bond donors (Lipinski definition) is 10. The highest BCUT2D eigenvalue weighted by Crippen LogP contribution is 2.30. The van der Waals surface area contributed by atoms with Crippen LogP contribution in [0.4, 0.5) is 0 Å². The first-order valence-corrected chi connectivity index (χ1v) is 43.2. The number of rotatable bonds is 23. The van der Waals surface area contributed by atoms with Crippen molar-refractivity contribution in [1.82, 2.24) is 0 Å². The second-order valence-corrected chi connectivity index (χ2v) is 45.2. The summed E-state index contributed by atoms with van der Waals surface area (Å²) in [6.45, 7) is 112. The Morgan fingerprint density at radius 1 is 0.305 bits per heavy atom. The van der Waals surface area contributed by atoms with Gasteiger partial charge in [0.15, 0.2) is 0 Å². The van der Waals surface area contributed by atoms with Gasteiger partial charge in [0.1, 0.15) is 12.2 Å². The van der Waals surface area contributed by atoms with Crippen molar-refractivity contribution in [3.63, 3.8) is 0 Å². The molecule has 0 amide bonds. The lowest BCUT2D eigenvalue weighted by Gasteiger charge is -2.32. The van der Waals surface area contributed by atoms with E-state index in [9.17, 15) is 0 Å². The van der Waals surface area contributed by atoms with Crippen molar-refractivity contribution in [3.8, 4) is 0 Å². The van der Waals surface area contributed by atoms with Crippen molar-refractivity contribution >= 4 is 0 Å². The van der Waals surface area contributed by atoms with E-state index in [0.717, 1.165) is 32.2 Å². The van der Waals surface area contributed by atoms with Crippen LogP contribution in [0.3, 0.4) is 0 Å². The lowest BCUT2D eigenvalue weighted by Crippen LogP contribution is -2.37. The van der Waals surface area contributed by atoms with Crippen LogP contribution in [0.5, 0.6) is 0 Å². The maximum Gasteiger partial charge on any atom is 0.100 e. The molecular weight excluding hydrogens is 1510 g/mol. The van der Waals surface area contributed by atoms with Gasteiger partial charge >= 0.3 is 0 Å². The first kappa shape index (κ1) is 146. The van der Waals surface area contributed by atoms with Crippen LogP contribution in [0.2, 0.25) is 0 Å². The molecule has 118 heavy (non-hydrogen) atoms. The van der Waals surface area contributed by atoms with Crippen LogP contribution >= 0.6 is 0 Å². The van der Waals surface area contributed by atoms with E-state index in [1.54, 1.807) is 41.7 Å². The quantitative estimate of drug-likeness (QED) is 0.0425. The van der Waals surface area contributed by atoms with Crippen molar-refractivity contribution in [2.24, 2.45) is 11.8 Å². The van der Waals surface area contributed by atoms with E-state index in [1.807, 2.05) is 201 Å². The molecule has 4 atom stereocenters. The highest BCUT2D eigenvalue weighted by molar-refractivity contribution is 4.75. The molecular formula is C95H216O23.